The lowest BCUT2D eigenvalue weighted by atomic mass is 10.0. The van der Waals surface area contributed by atoms with E-state index in [0.717, 1.165) is 30.6 Å². The third kappa shape index (κ3) is 4.27. The number of nitrogens with one attached hydrogen (secondary N) is 1. The minimum Gasteiger partial charge on any atom is -0.395 e. The average Bonchev–Trinajstić information content (AvgIpc) is 3.28. The molecule has 29 heavy (non-hydrogen) atoms. The lowest BCUT2D eigenvalue weighted by Gasteiger charge is -2.25. The Labute approximate surface area is 170 Å². The third-order valence-corrected chi connectivity index (χ3v) is 5.19. The van der Waals surface area contributed by atoms with Crippen molar-refractivity contribution in [2.75, 3.05) is 25.0 Å². The van der Waals surface area contributed by atoms with E-state index in [0.29, 0.717) is 17.9 Å². The highest BCUT2D eigenvalue weighted by molar-refractivity contribution is 5.95. The predicted octanol–water partition coefficient (Wildman–Crippen LogP) is 3.53. The Bertz CT molecular complexity index is 977. The first-order chi connectivity index (χ1) is 14.3. The van der Waals surface area contributed by atoms with Crippen LogP contribution >= 0.6 is 0 Å². The SMILES string of the molecule is O=C(c1cccc(-c2cc(NCCO)ncn2)c1)N1CCC[C@@H]1c1ccccc1. The maximum atomic E-state index is 13.3. The molecule has 6 heteroatoms. The van der Waals surface area contributed by atoms with Gasteiger partial charge in [0.1, 0.15) is 12.1 Å². The first-order valence-corrected chi connectivity index (χ1v) is 9.89. The van der Waals surface area contributed by atoms with Crippen LogP contribution in [0.2, 0.25) is 0 Å². The number of rotatable bonds is 6. The summed E-state index contributed by atoms with van der Waals surface area (Å²) < 4.78 is 0. The van der Waals surface area contributed by atoms with Crippen LogP contribution in [0, 0.1) is 0 Å². The van der Waals surface area contributed by atoms with Gasteiger partial charge in [-0.15, -0.1) is 0 Å². The molecule has 148 valence electrons. The number of aliphatic hydroxyl groups is 1. The van der Waals surface area contributed by atoms with Gasteiger partial charge in [-0.2, -0.15) is 0 Å². The van der Waals surface area contributed by atoms with Gasteiger partial charge in [-0.1, -0.05) is 42.5 Å². The molecule has 1 fully saturated rings. The number of nitrogens with zero attached hydrogens (tertiary/aromatic N) is 3. The van der Waals surface area contributed by atoms with Gasteiger partial charge in [0.05, 0.1) is 18.3 Å². The van der Waals surface area contributed by atoms with E-state index in [1.54, 1.807) is 0 Å². The van der Waals surface area contributed by atoms with E-state index in [2.05, 4.69) is 27.4 Å². The largest absolute Gasteiger partial charge is 0.395 e. The lowest BCUT2D eigenvalue weighted by Crippen LogP contribution is -2.30. The second kappa shape index (κ2) is 8.84. The van der Waals surface area contributed by atoms with Gasteiger partial charge < -0.3 is 15.3 Å². The normalized spacial score (nSPS) is 16.0. The summed E-state index contributed by atoms with van der Waals surface area (Å²) >= 11 is 0. The Morgan fingerprint density at radius 2 is 1.97 bits per heavy atom. The summed E-state index contributed by atoms with van der Waals surface area (Å²) in [5.41, 5.74) is 3.44. The maximum Gasteiger partial charge on any atom is 0.254 e. The van der Waals surface area contributed by atoms with Crippen LogP contribution in [0.1, 0.15) is 34.8 Å². The third-order valence-electron chi connectivity index (χ3n) is 5.19. The molecule has 1 atom stereocenters. The van der Waals surface area contributed by atoms with Crippen LogP contribution in [-0.2, 0) is 0 Å². The molecule has 4 rings (SSSR count). The van der Waals surface area contributed by atoms with Gasteiger partial charge in [0.15, 0.2) is 0 Å². The summed E-state index contributed by atoms with van der Waals surface area (Å²) in [7, 11) is 0. The van der Waals surface area contributed by atoms with E-state index in [1.165, 1.54) is 11.9 Å². The van der Waals surface area contributed by atoms with Gasteiger partial charge in [0.25, 0.3) is 5.91 Å². The van der Waals surface area contributed by atoms with Gasteiger partial charge in [-0.05, 0) is 30.5 Å². The highest BCUT2D eigenvalue weighted by Gasteiger charge is 2.30. The fraction of sp³-hybridized carbons (Fsp3) is 0.261. The number of benzene rings is 2. The number of amides is 1. The van der Waals surface area contributed by atoms with Crippen molar-refractivity contribution in [2.45, 2.75) is 18.9 Å². The van der Waals surface area contributed by atoms with E-state index in [4.69, 9.17) is 5.11 Å². The molecule has 1 saturated heterocycles. The molecule has 0 radical (unpaired) electrons. The molecule has 1 amide bonds. The van der Waals surface area contributed by atoms with Crippen LogP contribution in [0.15, 0.2) is 67.0 Å². The summed E-state index contributed by atoms with van der Waals surface area (Å²) in [4.78, 5) is 23.7. The Morgan fingerprint density at radius 3 is 2.79 bits per heavy atom. The second-order valence-corrected chi connectivity index (χ2v) is 7.09. The number of likely N-dealkylation sites (tertiary alicyclic amines) is 1. The first-order valence-electron chi connectivity index (χ1n) is 9.89. The fourth-order valence-corrected chi connectivity index (χ4v) is 3.80. The van der Waals surface area contributed by atoms with Gasteiger partial charge in [0.2, 0.25) is 0 Å². The molecule has 0 unspecified atom stereocenters. The first kappa shape index (κ1) is 19.1. The molecule has 0 spiro atoms. The van der Waals surface area contributed by atoms with Crippen molar-refractivity contribution in [1.82, 2.24) is 14.9 Å². The number of anilines is 1. The van der Waals surface area contributed by atoms with E-state index in [9.17, 15) is 4.79 Å². The van der Waals surface area contributed by atoms with Gasteiger partial charge in [-0.3, -0.25) is 4.79 Å². The standard InChI is InChI=1S/C23H24N4O2/c28-13-11-24-22-15-20(25-16-26-22)18-8-4-9-19(14-18)23(29)27-12-5-10-21(27)17-6-2-1-3-7-17/h1-4,6-9,14-16,21,28H,5,10-13H2,(H,24,25,26)/t21-/m1/s1. The smallest absolute Gasteiger partial charge is 0.254 e. The summed E-state index contributed by atoms with van der Waals surface area (Å²) in [6, 6.07) is 19.7. The molecule has 2 heterocycles. The van der Waals surface area contributed by atoms with Gasteiger partial charge in [0, 0.05) is 30.3 Å². The zero-order valence-corrected chi connectivity index (χ0v) is 16.2. The zero-order valence-electron chi connectivity index (χ0n) is 16.2. The number of carbonyl (C=O) groups is 1. The molecule has 2 aromatic carbocycles. The summed E-state index contributed by atoms with van der Waals surface area (Å²) in [6.07, 6.45) is 3.48. The minimum absolute atomic E-state index is 0.0295. The zero-order chi connectivity index (χ0) is 20.1. The number of hydrogen-bond donors (Lipinski definition) is 2. The van der Waals surface area contributed by atoms with Crippen LogP contribution in [0.25, 0.3) is 11.3 Å². The Hall–Kier alpha value is -3.25. The van der Waals surface area contributed by atoms with E-state index < -0.39 is 0 Å². The Balaban J connectivity index is 1.58. The van der Waals surface area contributed by atoms with Crippen LogP contribution in [0.3, 0.4) is 0 Å². The van der Waals surface area contributed by atoms with E-state index >= 15 is 0 Å². The highest BCUT2D eigenvalue weighted by Crippen LogP contribution is 2.33. The Morgan fingerprint density at radius 1 is 1.10 bits per heavy atom. The van der Waals surface area contributed by atoms with Crippen molar-refractivity contribution in [3.63, 3.8) is 0 Å². The molecule has 2 N–H and O–H groups in total. The molecule has 3 aromatic rings. The van der Waals surface area contributed by atoms with E-state index in [1.807, 2.05) is 53.4 Å². The van der Waals surface area contributed by atoms with Crippen molar-refractivity contribution in [2.24, 2.45) is 0 Å². The molecule has 0 bridgehead atoms. The van der Waals surface area contributed by atoms with Crippen molar-refractivity contribution in [3.05, 3.63) is 78.1 Å². The van der Waals surface area contributed by atoms with Crippen molar-refractivity contribution in [1.29, 1.82) is 0 Å². The number of carbonyl (C=O) groups excluding carboxylic acids is 1. The quantitative estimate of drug-likeness (QED) is 0.675. The highest BCUT2D eigenvalue weighted by atomic mass is 16.3. The van der Waals surface area contributed by atoms with Crippen LogP contribution in [0.5, 0.6) is 0 Å². The minimum atomic E-state index is 0.0295. The van der Waals surface area contributed by atoms with E-state index in [-0.39, 0.29) is 18.6 Å². The molecular weight excluding hydrogens is 364 g/mol. The maximum absolute atomic E-state index is 13.3. The summed E-state index contributed by atoms with van der Waals surface area (Å²) in [5, 5.41) is 12.0. The monoisotopic (exact) mass is 388 g/mol. The molecule has 1 aliphatic rings. The molecule has 6 nitrogen and oxygen atoms in total. The van der Waals surface area contributed by atoms with Crippen molar-refractivity contribution >= 4 is 11.7 Å². The van der Waals surface area contributed by atoms with Crippen molar-refractivity contribution in [3.8, 4) is 11.3 Å². The molecular formula is C23H24N4O2. The Kier molecular flexibility index (Phi) is 5.81. The average molecular weight is 388 g/mol. The van der Waals surface area contributed by atoms with Gasteiger partial charge >= 0.3 is 0 Å². The molecule has 1 aromatic heterocycles. The second-order valence-electron chi connectivity index (χ2n) is 7.09. The fourth-order valence-electron chi connectivity index (χ4n) is 3.80. The molecule has 1 aliphatic heterocycles. The van der Waals surface area contributed by atoms with Crippen LogP contribution in [-0.4, -0.2) is 45.6 Å². The van der Waals surface area contributed by atoms with Crippen LogP contribution < -0.4 is 5.32 Å². The number of aliphatic hydroxyl groups excluding tert-OH is 1. The number of aromatic nitrogens is 2. The molecule has 0 saturated carbocycles. The van der Waals surface area contributed by atoms with Gasteiger partial charge in [-0.25, -0.2) is 9.97 Å². The summed E-state index contributed by atoms with van der Waals surface area (Å²) in [5.74, 6) is 0.690. The van der Waals surface area contributed by atoms with Crippen LogP contribution in [0.4, 0.5) is 5.82 Å². The van der Waals surface area contributed by atoms with Crippen molar-refractivity contribution < 1.29 is 9.90 Å². The lowest BCUT2D eigenvalue weighted by molar-refractivity contribution is 0.0735. The topological polar surface area (TPSA) is 78.3 Å². The molecule has 0 aliphatic carbocycles. The predicted molar refractivity (Wildman–Crippen MR) is 112 cm³/mol. The summed E-state index contributed by atoms with van der Waals surface area (Å²) in [6.45, 7) is 1.22. The number of hydrogen-bond acceptors (Lipinski definition) is 5.